The summed E-state index contributed by atoms with van der Waals surface area (Å²) in [7, 11) is 0. The Kier molecular flexibility index (Phi) is 6.29. The number of carbonyl (C=O) groups excluding carboxylic acids is 2. The summed E-state index contributed by atoms with van der Waals surface area (Å²) in [5, 5.41) is -1.42. The van der Waals surface area contributed by atoms with Gasteiger partial charge in [0, 0.05) is 18.6 Å². The van der Waals surface area contributed by atoms with Gasteiger partial charge in [0.15, 0.2) is 5.82 Å². The molecule has 0 saturated heterocycles. The molecule has 5 heterocycles. The van der Waals surface area contributed by atoms with Gasteiger partial charge in [-0.2, -0.15) is 0 Å². The van der Waals surface area contributed by atoms with Crippen LogP contribution >= 0.6 is 0 Å². The molecule has 6 rings (SSSR count). The zero-order valence-corrected chi connectivity index (χ0v) is 21.8. The van der Waals surface area contributed by atoms with E-state index in [1.807, 2.05) is 0 Å². The number of carbonyl (C=O) groups is 2. The Hall–Kier alpha value is -6.13. The number of imide groups is 1. The predicted octanol–water partition coefficient (Wildman–Crippen LogP) is 1.65. The van der Waals surface area contributed by atoms with Gasteiger partial charge in [-0.1, -0.05) is 30.9 Å². The second-order valence-electron chi connectivity index (χ2n) is 9.05. The van der Waals surface area contributed by atoms with Gasteiger partial charge in [-0.05, 0) is 48.4 Å². The number of hydrogen-bond acceptors (Lipinski definition) is 9. The monoisotopic (exact) mass is 558 g/mol. The van der Waals surface area contributed by atoms with E-state index in [4.69, 9.17) is 0 Å². The summed E-state index contributed by atoms with van der Waals surface area (Å²) in [5.74, 6) is -1.25. The van der Waals surface area contributed by atoms with Crippen LogP contribution in [0.2, 0.25) is 0 Å². The maximum Gasteiger partial charge on any atom is 0.268 e. The van der Waals surface area contributed by atoms with Gasteiger partial charge >= 0.3 is 0 Å². The van der Waals surface area contributed by atoms with Gasteiger partial charge in [0.25, 0.3) is 28.1 Å². The lowest BCUT2D eigenvalue weighted by atomic mass is 9.93. The number of allylic oxidation sites excluding steroid dienone is 3. The first kappa shape index (κ1) is 26.1. The van der Waals surface area contributed by atoms with E-state index in [0.29, 0.717) is 9.47 Å². The van der Waals surface area contributed by atoms with Gasteiger partial charge in [-0.25, -0.2) is 29.0 Å². The van der Waals surface area contributed by atoms with Crippen LogP contribution in [-0.4, -0.2) is 37.6 Å². The van der Waals surface area contributed by atoms with Crippen molar-refractivity contribution < 1.29 is 9.59 Å². The van der Waals surface area contributed by atoms with Crippen LogP contribution in [0.5, 0.6) is 0 Å². The zero-order chi connectivity index (χ0) is 29.5. The van der Waals surface area contributed by atoms with Gasteiger partial charge in [-0.15, -0.1) is 0 Å². The number of aryl methyl sites for hydroxylation is 1. The molecule has 204 valence electrons. The number of amides is 2. The SMILES string of the molecule is CCc1c(C(=O)N(C=O)c2ccccn2)c2c(=O)n(C3=C=CC=CC=N3)c(=O)c2c2c(=O)n(-c3ccccn3)c(=O)c12. The van der Waals surface area contributed by atoms with Gasteiger partial charge in [-0.3, -0.25) is 28.8 Å². The fourth-order valence-corrected chi connectivity index (χ4v) is 5.11. The van der Waals surface area contributed by atoms with E-state index in [2.05, 4.69) is 20.7 Å². The molecule has 1 aliphatic heterocycles. The number of fused-ring (bicyclic) bond motifs is 3. The maximum atomic E-state index is 14.1. The quantitative estimate of drug-likeness (QED) is 0.225. The lowest BCUT2D eigenvalue weighted by Gasteiger charge is -2.17. The van der Waals surface area contributed by atoms with Crippen molar-refractivity contribution >= 4 is 51.7 Å². The first-order valence-electron chi connectivity index (χ1n) is 12.7. The molecule has 12 nitrogen and oxygen atoms in total. The third-order valence-electron chi connectivity index (χ3n) is 6.85. The Balaban J connectivity index is 1.84. The summed E-state index contributed by atoms with van der Waals surface area (Å²) < 4.78 is 1.48. The number of rotatable bonds is 6. The van der Waals surface area contributed by atoms with Gasteiger partial charge in [0.05, 0.1) is 27.1 Å². The maximum absolute atomic E-state index is 14.1. The van der Waals surface area contributed by atoms with Crippen molar-refractivity contribution in [3.63, 3.8) is 0 Å². The first-order chi connectivity index (χ1) is 20.4. The lowest BCUT2D eigenvalue weighted by Crippen LogP contribution is -2.32. The Morgan fingerprint density at radius 3 is 2.19 bits per heavy atom. The van der Waals surface area contributed by atoms with Crippen LogP contribution in [0.25, 0.3) is 33.2 Å². The van der Waals surface area contributed by atoms with Crippen molar-refractivity contribution in [2.45, 2.75) is 13.3 Å². The first-order valence-corrected chi connectivity index (χ1v) is 12.7. The van der Waals surface area contributed by atoms with E-state index in [1.165, 1.54) is 36.8 Å². The highest BCUT2D eigenvalue weighted by Crippen LogP contribution is 2.30. The van der Waals surface area contributed by atoms with Crippen molar-refractivity contribution in [3.8, 4) is 5.82 Å². The van der Waals surface area contributed by atoms with Crippen LogP contribution in [0, 0.1) is 0 Å². The largest absolute Gasteiger partial charge is 0.278 e. The zero-order valence-electron chi connectivity index (χ0n) is 21.8. The number of pyridine rings is 2. The fourth-order valence-electron chi connectivity index (χ4n) is 5.11. The Morgan fingerprint density at radius 1 is 0.857 bits per heavy atom. The summed E-state index contributed by atoms with van der Waals surface area (Å²) in [6.07, 6.45) is 8.90. The van der Waals surface area contributed by atoms with Crippen molar-refractivity contribution in [2.24, 2.45) is 4.99 Å². The minimum atomic E-state index is -1.00. The number of nitrogens with zero attached hydrogens (tertiary/aromatic N) is 6. The van der Waals surface area contributed by atoms with E-state index in [1.54, 1.807) is 43.3 Å². The minimum Gasteiger partial charge on any atom is -0.278 e. The molecule has 4 aromatic heterocycles. The Morgan fingerprint density at radius 2 is 1.52 bits per heavy atom. The molecule has 2 amide bonds. The molecule has 0 atom stereocenters. The molecule has 0 N–H and O–H groups in total. The number of anilines is 1. The highest BCUT2D eigenvalue weighted by atomic mass is 16.2. The average molecular weight is 559 g/mol. The van der Waals surface area contributed by atoms with Gasteiger partial charge in [0.1, 0.15) is 11.6 Å². The van der Waals surface area contributed by atoms with Crippen molar-refractivity contribution in [3.05, 3.63) is 125 Å². The van der Waals surface area contributed by atoms with E-state index < -0.39 is 38.9 Å². The van der Waals surface area contributed by atoms with Crippen LogP contribution in [0.1, 0.15) is 22.8 Å². The molecule has 0 aliphatic carbocycles. The van der Waals surface area contributed by atoms with Gasteiger partial charge < -0.3 is 0 Å². The van der Waals surface area contributed by atoms with Crippen molar-refractivity contribution in [1.82, 2.24) is 19.1 Å². The molecule has 5 aromatic rings. The Bertz CT molecular complexity index is 2280. The average Bonchev–Trinajstić information content (AvgIpc) is 3.25. The van der Waals surface area contributed by atoms with Gasteiger partial charge in [0.2, 0.25) is 6.41 Å². The van der Waals surface area contributed by atoms with E-state index in [0.717, 1.165) is 4.57 Å². The smallest absolute Gasteiger partial charge is 0.268 e. The molecule has 0 unspecified atom stereocenters. The Labute approximate surface area is 234 Å². The summed E-state index contributed by atoms with van der Waals surface area (Å²) in [6.45, 7) is 1.62. The lowest BCUT2D eigenvalue weighted by molar-refractivity contribution is -0.107. The molecule has 12 heteroatoms. The topological polar surface area (TPSA) is 154 Å². The van der Waals surface area contributed by atoms with Crippen LogP contribution in [0.4, 0.5) is 5.82 Å². The molecule has 0 saturated carbocycles. The second kappa shape index (κ2) is 10.1. The van der Waals surface area contributed by atoms with E-state index >= 15 is 0 Å². The third kappa shape index (κ3) is 3.74. The number of benzene rings is 1. The summed E-state index contributed by atoms with van der Waals surface area (Å²) >= 11 is 0. The van der Waals surface area contributed by atoms with Crippen molar-refractivity contribution in [1.29, 1.82) is 0 Å². The van der Waals surface area contributed by atoms with Crippen LogP contribution in [0.3, 0.4) is 0 Å². The normalized spacial score (nSPS) is 12.5. The molecular weight excluding hydrogens is 540 g/mol. The van der Waals surface area contributed by atoms with E-state index in [9.17, 15) is 28.8 Å². The van der Waals surface area contributed by atoms with E-state index in [-0.39, 0.29) is 52.2 Å². The molecule has 0 spiro atoms. The second-order valence-corrected chi connectivity index (χ2v) is 9.05. The molecule has 0 fully saturated rings. The molecular formula is C30H18N6O6. The molecule has 0 bridgehead atoms. The summed E-state index contributed by atoms with van der Waals surface area (Å²) in [6, 6.07) is 9.17. The summed E-state index contributed by atoms with van der Waals surface area (Å²) in [4.78, 5) is 95.1. The van der Waals surface area contributed by atoms with Crippen LogP contribution in [-0.2, 0) is 11.2 Å². The number of hydrogen-bond donors (Lipinski definition) is 0. The predicted molar refractivity (Wildman–Crippen MR) is 156 cm³/mol. The molecule has 1 aliphatic rings. The standard InChI is InChI=1S/C30H18N6O6/c1-2-17-21(26(38)34(16-37)18-10-5-8-14-31-18)23-25(30(42)36(28(23)40)19-11-4-3-7-13-32-19)24-22(17)27(39)35(29(24)41)20-12-6-9-15-33-20/h3-10,12-16H,2H2,1H3. The minimum absolute atomic E-state index is 0.00547. The van der Waals surface area contributed by atoms with Crippen molar-refractivity contribution in [2.75, 3.05) is 4.90 Å². The number of aliphatic imine (C=N–C) groups is 1. The van der Waals surface area contributed by atoms with Crippen LogP contribution < -0.4 is 27.1 Å². The van der Waals surface area contributed by atoms with Crippen LogP contribution in [0.15, 0.2) is 96.9 Å². The number of aromatic nitrogens is 4. The third-order valence-corrected chi connectivity index (χ3v) is 6.85. The molecule has 1 aromatic carbocycles. The summed E-state index contributed by atoms with van der Waals surface area (Å²) in [5.41, 5.74) is -1.26. The fraction of sp³-hybridized carbons (Fsp3) is 0.0667. The molecule has 42 heavy (non-hydrogen) atoms. The highest BCUT2D eigenvalue weighted by molar-refractivity contribution is 6.25. The highest BCUT2D eigenvalue weighted by Gasteiger charge is 2.34. The molecule has 0 radical (unpaired) electrons.